The van der Waals surface area contributed by atoms with Gasteiger partial charge in [-0.15, -0.1) is 0 Å². The van der Waals surface area contributed by atoms with Crippen molar-refractivity contribution in [3.63, 3.8) is 0 Å². The third-order valence-corrected chi connectivity index (χ3v) is 4.19. The number of rotatable bonds is 5. The highest BCUT2D eigenvalue weighted by Crippen LogP contribution is 2.38. The van der Waals surface area contributed by atoms with Gasteiger partial charge in [-0.2, -0.15) is 0 Å². The molecular formula is C19H21NO5. The Morgan fingerprint density at radius 3 is 2.24 bits per heavy atom. The Labute approximate surface area is 146 Å². The number of carbonyl (C=O) groups excluding carboxylic acids is 1. The summed E-state index contributed by atoms with van der Waals surface area (Å²) in [4.78, 5) is 14.5. The zero-order valence-corrected chi connectivity index (χ0v) is 14.5. The van der Waals surface area contributed by atoms with Crippen LogP contribution >= 0.6 is 0 Å². The summed E-state index contributed by atoms with van der Waals surface area (Å²) in [5.74, 6) is 1.22. The first kappa shape index (κ1) is 17.1. The Morgan fingerprint density at radius 2 is 1.68 bits per heavy atom. The normalized spacial score (nSPS) is 16.6. The minimum absolute atomic E-state index is 0.118. The van der Waals surface area contributed by atoms with Crippen molar-refractivity contribution < 1.29 is 23.7 Å². The maximum Gasteiger partial charge on any atom is 0.256 e. The van der Waals surface area contributed by atoms with E-state index in [4.69, 9.17) is 18.9 Å². The summed E-state index contributed by atoms with van der Waals surface area (Å²) in [5.41, 5.74) is 1.52. The van der Waals surface area contributed by atoms with Gasteiger partial charge in [0.1, 0.15) is 12.8 Å². The minimum Gasteiger partial charge on any atom is -0.493 e. The second-order valence-corrected chi connectivity index (χ2v) is 5.64. The molecule has 1 saturated heterocycles. The van der Waals surface area contributed by atoms with E-state index in [9.17, 15) is 4.79 Å². The zero-order valence-electron chi connectivity index (χ0n) is 14.5. The van der Waals surface area contributed by atoms with Gasteiger partial charge in [0.05, 0.1) is 27.9 Å². The Hall–Kier alpha value is -2.73. The van der Waals surface area contributed by atoms with Crippen molar-refractivity contribution in [2.45, 2.75) is 6.10 Å². The highest BCUT2D eigenvalue weighted by Gasteiger charge is 2.29. The number of hydrogen-bond acceptors (Lipinski definition) is 5. The fraction of sp³-hybridized carbons (Fsp3) is 0.316. The molecule has 3 rings (SSSR count). The highest BCUT2D eigenvalue weighted by atomic mass is 16.5. The fourth-order valence-corrected chi connectivity index (χ4v) is 2.88. The predicted octanol–water partition coefficient (Wildman–Crippen LogP) is 2.88. The fourth-order valence-electron chi connectivity index (χ4n) is 2.88. The highest BCUT2D eigenvalue weighted by molar-refractivity contribution is 5.95. The average Bonchev–Trinajstić information content (AvgIpc) is 3.17. The molecule has 2 aromatic carbocycles. The van der Waals surface area contributed by atoms with Crippen molar-refractivity contribution in [2.75, 3.05) is 34.6 Å². The van der Waals surface area contributed by atoms with Crippen LogP contribution in [0.2, 0.25) is 0 Å². The lowest BCUT2D eigenvalue weighted by Crippen LogP contribution is -2.28. The summed E-state index contributed by atoms with van der Waals surface area (Å²) in [7, 11) is 4.58. The predicted molar refractivity (Wildman–Crippen MR) is 92.3 cm³/mol. The van der Waals surface area contributed by atoms with E-state index in [0.29, 0.717) is 29.4 Å². The number of hydrogen-bond donors (Lipinski definition) is 0. The van der Waals surface area contributed by atoms with Crippen LogP contribution in [-0.2, 0) is 4.74 Å². The second kappa shape index (κ2) is 7.44. The first-order chi connectivity index (χ1) is 12.2. The molecule has 6 nitrogen and oxygen atoms in total. The molecule has 0 aromatic heterocycles. The molecule has 1 aliphatic rings. The van der Waals surface area contributed by atoms with Gasteiger partial charge in [0.2, 0.25) is 5.75 Å². The van der Waals surface area contributed by atoms with Crippen LogP contribution < -0.4 is 14.2 Å². The summed E-state index contributed by atoms with van der Waals surface area (Å²) in [6, 6.07) is 13.2. The molecule has 1 unspecified atom stereocenters. The summed E-state index contributed by atoms with van der Waals surface area (Å²) in [6.07, 6.45) is -0.118. The summed E-state index contributed by atoms with van der Waals surface area (Å²) in [6.45, 7) is 0.745. The van der Waals surface area contributed by atoms with Crippen LogP contribution in [0.4, 0.5) is 0 Å². The van der Waals surface area contributed by atoms with Crippen LogP contribution in [0.15, 0.2) is 42.5 Å². The molecule has 1 heterocycles. The van der Waals surface area contributed by atoms with E-state index < -0.39 is 0 Å². The van der Waals surface area contributed by atoms with E-state index in [2.05, 4.69) is 0 Å². The van der Waals surface area contributed by atoms with Gasteiger partial charge in [0.15, 0.2) is 11.5 Å². The van der Waals surface area contributed by atoms with E-state index >= 15 is 0 Å². The molecule has 0 aliphatic carbocycles. The van der Waals surface area contributed by atoms with Gasteiger partial charge in [0.25, 0.3) is 5.91 Å². The van der Waals surface area contributed by atoms with E-state index in [-0.39, 0.29) is 18.7 Å². The third-order valence-electron chi connectivity index (χ3n) is 4.19. The standard InChI is InChI=1S/C19H21NO5/c1-22-15-9-14(10-16(23-2)18(15)24-3)19(21)20-11-17(25-12-20)13-7-5-4-6-8-13/h4-10,17H,11-12H2,1-3H3. The molecule has 0 N–H and O–H groups in total. The molecule has 0 radical (unpaired) electrons. The summed E-state index contributed by atoms with van der Waals surface area (Å²) in [5, 5.41) is 0. The van der Waals surface area contributed by atoms with Crippen molar-refractivity contribution in [3.05, 3.63) is 53.6 Å². The molecule has 1 fully saturated rings. The Morgan fingerprint density at radius 1 is 1.04 bits per heavy atom. The van der Waals surface area contributed by atoms with E-state index in [1.165, 1.54) is 21.3 Å². The smallest absolute Gasteiger partial charge is 0.256 e. The molecule has 0 saturated carbocycles. The van der Waals surface area contributed by atoms with Crippen LogP contribution in [0.1, 0.15) is 22.0 Å². The quantitative estimate of drug-likeness (QED) is 0.835. The molecule has 6 heteroatoms. The number of benzene rings is 2. The van der Waals surface area contributed by atoms with E-state index in [1.54, 1.807) is 17.0 Å². The van der Waals surface area contributed by atoms with Crippen LogP contribution in [0.3, 0.4) is 0 Å². The second-order valence-electron chi connectivity index (χ2n) is 5.64. The van der Waals surface area contributed by atoms with Gasteiger partial charge in [-0.25, -0.2) is 0 Å². The SMILES string of the molecule is COc1cc(C(=O)N2COC(c3ccccc3)C2)cc(OC)c1OC. The monoisotopic (exact) mass is 343 g/mol. The number of nitrogens with zero attached hydrogens (tertiary/aromatic N) is 1. The van der Waals surface area contributed by atoms with Gasteiger partial charge in [-0.3, -0.25) is 4.79 Å². The lowest BCUT2D eigenvalue weighted by molar-refractivity contribution is 0.0630. The molecule has 1 atom stereocenters. The van der Waals surface area contributed by atoms with Crippen molar-refractivity contribution in [2.24, 2.45) is 0 Å². The molecule has 132 valence electrons. The Kier molecular flexibility index (Phi) is 5.09. The van der Waals surface area contributed by atoms with Crippen LogP contribution in [0.25, 0.3) is 0 Å². The van der Waals surface area contributed by atoms with Crippen molar-refractivity contribution >= 4 is 5.91 Å². The maximum atomic E-state index is 12.9. The number of ether oxygens (including phenoxy) is 4. The zero-order chi connectivity index (χ0) is 17.8. The van der Waals surface area contributed by atoms with Gasteiger partial charge in [-0.1, -0.05) is 30.3 Å². The lowest BCUT2D eigenvalue weighted by atomic mass is 10.1. The molecule has 0 bridgehead atoms. The number of carbonyl (C=O) groups is 1. The molecule has 0 spiro atoms. The topological polar surface area (TPSA) is 57.2 Å². The molecular weight excluding hydrogens is 322 g/mol. The van der Waals surface area contributed by atoms with Crippen molar-refractivity contribution in [3.8, 4) is 17.2 Å². The van der Waals surface area contributed by atoms with Gasteiger partial charge in [-0.05, 0) is 17.7 Å². The molecule has 1 amide bonds. The summed E-state index contributed by atoms with van der Waals surface area (Å²) >= 11 is 0. The molecule has 25 heavy (non-hydrogen) atoms. The molecule has 2 aromatic rings. The third kappa shape index (κ3) is 3.39. The van der Waals surface area contributed by atoms with Crippen LogP contribution in [-0.4, -0.2) is 45.4 Å². The number of methoxy groups -OCH3 is 3. The Balaban J connectivity index is 1.82. The Bertz CT molecular complexity index is 722. The van der Waals surface area contributed by atoms with E-state index in [1.807, 2.05) is 30.3 Å². The summed E-state index contributed by atoms with van der Waals surface area (Å²) < 4.78 is 21.7. The van der Waals surface area contributed by atoms with Gasteiger partial charge in [0, 0.05) is 5.56 Å². The minimum atomic E-state index is -0.141. The van der Waals surface area contributed by atoms with Gasteiger partial charge >= 0.3 is 0 Å². The largest absolute Gasteiger partial charge is 0.493 e. The van der Waals surface area contributed by atoms with Gasteiger partial charge < -0.3 is 23.8 Å². The molecule has 1 aliphatic heterocycles. The van der Waals surface area contributed by atoms with Crippen molar-refractivity contribution in [1.82, 2.24) is 4.90 Å². The first-order valence-electron chi connectivity index (χ1n) is 7.93. The average molecular weight is 343 g/mol. The maximum absolute atomic E-state index is 12.9. The first-order valence-corrected chi connectivity index (χ1v) is 7.93. The number of amides is 1. The van der Waals surface area contributed by atoms with E-state index in [0.717, 1.165) is 5.56 Å². The van der Waals surface area contributed by atoms with Crippen molar-refractivity contribution in [1.29, 1.82) is 0 Å². The van der Waals surface area contributed by atoms with Crippen LogP contribution in [0, 0.1) is 0 Å². The van der Waals surface area contributed by atoms with Crippen LogP contribution in [0.5, 0.6) is 17.2 Å². The lowest BCUT2D eigenvalue weighted by Gasteiger charge is -2.17.